The van der Waals surface area contributed by atoms with Crippen LogP contribution in [0.1, 0.15) is 21.7 Å². The van der Waals surface area contributed by atoms with Crippen LogP contribution in [0.15, 0.2) is 48.5 Å². The topological polar surface area (TPSA) is 29.0 Å². The number of benzene rings is 2. The molecule has 0 fully saturated rings. The Balaban J connectivity index is 1.51. The maximum atomic E-state index is 13.4. The van der Waals surface area contributed by atoms with Crippen molar-refractivity contribution in [2.75, 3.05) is 11.4 Å². The van der Waals surface area contributed by atoms with Gasteiger partial charge >= 0.3 is 0 Å². The van der Waals surface area contributed by atoms with Crippen molar-refractivity contribution in [3.8, 4) is 0 Å². The van der Waals surface area contributed by atoms with E-state index in [1.807, 2.05) is 24.3 Å². The van der Waals surface area contributed by atoms with Crippen LogP contribution in [0.3, 0.4) is 0 Å². The fourth-order valence-electron chi connectivity index (χ4n) is 2.90. The average Bonchev–Trinajstić information content (AvgIpc) is 3.03. The van der Waals surface area contributed by atoms with E-state index in [0.29, 0.717) is 6.54 Å². The van der Waals surface area contributed by atoms with Gasteiger partial charge in [0.25, 0.3) is 0 Å². The molecule has 116 valence electrons. The number of anilines is 1. The molecule has 0 saturated carbocycles. The summed E-state index contributed by atoms with van der Waals surface area (Å²) in [6, 6.07) is 15.3. The zero-order valence-corrected chi connectivity index (χ0v) is 13.4. The molecule has 1 aliphatic heterocycles. The van der Waals surface area contributed by atoms with E-state index in [1.165, 1.54) is 17.2 Å². The summed E-state index contributed by atoms with van der Waals surface area (Å²) < 4.78 is 13.4. The van der Waals surface area contributed by atoms with Crippen LogP contribution in [0.4, 0.5) is 9.52 Å². The molecule has 0 radical (unpaired) electrons. The zero-order valence-electron chi connectivity index (χ0n) is 12.6. The second kappa shape index (κ2) is 6.08. The minimum Gasteiger partial charge on any atom is -0.342 e. The Hall–Kier alpha value is -2.27. The van der Waals surface area contributed by atoms with Crippen molar-refractivity contribution in [2.24, 2.45) is 0 Å². The minimum absolute atomic E-state index is 0.173. The summed E-state index contributed by atoms with van der Waals surface area (Å²) in [6.07, 6.45) is 1.72. The number of rotatable bonds is 3. The summed E-state index contributed by atoms with van der Waals surface area (Å²) in [6.45, 7) is 1.60. The van der Waals surface area contributed by atoms with E-state index in [1.54, 1.807) is 17.4 Å². The smallest absolute Gasteiger partial charge is 0.208 e. The summed E-state index contributed by atoms with van der Waals surface area (Å²) in [5, 5.41) is 10.6. The highest BCUT2D eigenvalue weighted by Gasteiger charge is 2.20. The van der Waals surface area contributed by atoms with Crippen LogP contribution in [-0.4, -0.2) is 16.7 Å². The van der Waals surface area contributed by atoms with E-state index in [-0.39, 0.29) is 5.82 Å². The number of fused-ring (bicyclic) bond motifs is 1. The van der Waals surface area contributed by atoms with Crippen LogP contribution in [0, 0.1) is 5.82 Å². The van der Waals surface area contributed by atoms with Crippen molar-refractivity contribution in [2.45, 2.75) is 19.4 Å². The molecule has 4 rings (SSSR count). The minimum atomic E-state index is -0.173. The van der Waals surface area contributed by atoms with Gasteiger partial charge in [-0.15, -0.1) is 10.2 Å². The first-order valence-corrected chi connectivity index (χ1v) is 8.48. The third-order valence-corrected chi connectivity index (χ3v) is 5.09. The molecule has 1 aliphatic rings. The van der Waals surface area contributed by atoms with Gasteiger partial charge in [0, 0.05) is 19.5 Å². The SMILES string of the molecule is Fc1ccc2c(c1)CN(c1nnc(Cc3ccccc3)s1)CC2. The third kappa shape index (κ3) is 3.10. The molecular formula is C18H16FN3S. The van der Waals surface area contributed by atoms with E-state index < -0.39 is 0 Å². The first kappa shape index (κ1) is 14.3. The second-order valence-corrected chi connectivity index (χ2v) is 6.77. The van der Waals surface area contributed by atoms with Gasteiger partial charge in [-0.3, -0.25) is 0 Å². The maximum absolute atomic E-state index is 13.4. The van der Waals surface area contributed by atoms with E-state index in [0.717, 1.165) is 35.1 Å². The predicted octanol–water partition coefficient (Wildman–Crippen LogP) is 3.83. The zero-order chi connectivity index (χ0) is 15.6. The second-order valence-electron chi connectivity index (χ2n) is 5.73. The van der Waals surface area contributed by atoms with Crippen molar-refractivity contribution in [3.63, 3.8) is 0 Å². The molecule has 0 bridgehead atoms. The van der Waals surface area contributed by atoms with E-state index in [4.69, 9.17) is 0 Å². The summed E-state index contributed by atoms with van der Waals surface area (Å²) in [5.41, 5.74) is 3.52. The Morgan fingerprint density at radius 1 is 1.04 bits per heavy atom. The molecular weight excluding hydrogens is 309 g/mol. The van der Waals surface area contributed by atoms with Gasteiger partial charge < -0.3 is 4.90 Å². The monoisotopic (exact) mass is 325 g/mol. The van der Waals surface area contributed by atoms with Crippen LogP contribution >= 0.6 is 11.3 Å². The molecule has 1 aromatic heterocycles. The lowest BCUT2D eigenvalue weighted by molar-refractivity contribution is 0.618. The maximum Gasteiger partial charge on any atom is 0.208 e. The number of hydrogen-bond acceptors (Lipinski definition) is 4. The first-order valence-electron chi connectivity index (χ1n) is 7.66. The van der Waals surface area contributed by atoms with E-state index in [2.05, 4.69) is 27.2 Å². The Kier molecular flexibility index (Phi) is 3.79. The van der Waals surface area contributed by atoms with Crippen molar-refractivity contribution in [1.29, 1.82) is 0 Å². The summed E-state index contributed by atoms with van der Waals surface area (Å²) in [5.74, 6) is -0.173. The van der Waals surface area contributed by atoms with Crippen LogP contribution in [0.2, 0.25) is 0 Å². The molecule has 0 N–H and O–H groups in total. The number of halogens is 1. The summed E-state index contributed by atoms with van der Waals surface area (Å²) in [7, 11) is 0. The van der Waals surface area contributed by atoms with Gasteiger partial charge in [0.1, 0.15) is 10.8 Å². The average molecular weight is 325 g/mol. The highest BCUT2D eigenvalue weighted by atomic mass is 32.1. The molecule has 2 aromatic carbocycles. The molecule has 0 saturated heterocycles. The van der Waals surface area contributed by atoms with Gasteiger partial charge in [-0.2, -0.15) is 0 Å². The predicted molar refractivity (Wildman–Crippen MR) is 90.3 cm³/mol. The lowest BCUT2D eigenvalue weighted by Crippen LogP contribution is -2.30. The Labute approximate surface area is 138 Å². The molecule has 23 heavy (non-hydrogen) atoms. The van der Waals surface area contributed by atoms with Gasteiger partial charge in [-0.25, -0.2) is 4.39 Å². The van der Waals surface area contributed by atoms with Crippen LogP contribution in [-0.2, 0) is 19.4 Å². The highest BCUT2D eigenvalue weighted by molar-refractivity contribution is 7.15. The number of nitrogens with zero attached hydrogens (tertiary/aromatic N) is 3. The fraction of sp³-hybridized carbons (Fsp3) is 0.222. The number of aromatic nitrogens is 2. The molecule has 0 spiro atoms. The lowest BCUT2D eigenvalue weighted by Gasteiger charge is -2.28. The standard InChI is InChI=1S/C18H16FN3S/c19-16-7-6-14-8-9-22(12-15(14)11-16)18-21-20-17(23-18)10-13-4-2-1-3-5-13/h1-7,11H,8-10,12H2. The third-order valence-electron chi connectivity index (χ3n) is 4.11. The first-order chi connectivity index (χ1) is 11.3. The van der Waals surface area contributed by atoms with E-state index in [9.17, 15) is 4.39 Å². The highest BCUT2D eigenvalue weighted by Crippen LogP contribution is 2.28. The molecule has 5 heteroatoms. The molecule has 0 unspecified atom stereocenters. The van der Waals surface area contributed by atoms with Crippen LogP contribution < -0.4 is 4.90 Å². The largest absolute Gasteiger partial charge is 0.342 e. The van der Waals surface area contributed by atoms with Crippen molar-refractivity contribution in [1.82, 2.24) is 10.2 Å². The summed E-state index contributed by atoms with van der Waals surface area (Å²) >= 11 is 1.62. The quantitative estimate of drug-likeness (QED) is 0.733. The van der Waals surface area contributed by atoms with E-state index >= 15 is 0 Å². The van der Waals surface area contributed by atoms with Crippen molar-refractivity contribution >= 4 is 16.5 Å². The van der Waals surface area contributed by atoms with Gasteiger partial charge in [0.2, 0.25) is 5.13 Å². The number of hydrogen-bond donors (Lipinski definition) is 0. The molecule has 3 aromatic rings. The lowest BCUT2D eigenvalue weighted by atomic mass is 10.0. The van der Waals surface area contributed by atoms with Crippen molar-refractivity contribution < 1.29 is 4.39 Å². The van der Waals surface area contributed by atoms with Crippen LogP contribution in [0.25, 0.3) is 0 Å². The molecule has 2 heterocycles. The van der Waals surface area contributed by atoms with Crippen LogP contribution in [0.5, 0.6) is 0 Å². The van der Waals surface area contributed by atoms with Gasteiger partial charge in [0.15, 0.2) is 0 Å². The van der Waals surface area contributed by atoms with Gasteiger partial charge in [-0.1, -0.05) is 47.7 Å². The van der Waals surface area contributed by atoms with Gasteiger partial charge in [-0.05, 0) is 35.2 Å². The molecule has 3 nitrogen and oxygen atoms in total. The Morgan fingerprint density at radius 2 is 1.91 bits per heavy atom. The Bertz CT molecular complexity index is 816. The molecule has 0 atom stereocenters. The molecule has 0 aliphatic carbocycles. The normalized spacial score (nSPS) is 13.9. The summed E-state index contributed by atoms with van der Waals surface area (Å²) in [4.78, 5) is 2.19. The Morgan fingerprint density at radius 3 is 2.78 bits per heavy atom. The van der Waals surface area contributed by atoms with Crippen molar-refractivity contribution in [3.05, 3.63) is 76.0 Å². The fourth-order valence-corrected chi connectivity index (χ4v) is 3.80. The molecule has 0 amide bonds. The van der Waals surface area contributed by atoms with Gasteiger partial charge in [0.05, 0.1) is 0 Å².